The molecule has 4 aromatic rings. The molecule has 0 unspecified atom stereocenters. The van der Waals surface area contributed by atoms with Crippen molar-refractivity contribution in [1.29, 1.82) is 0 Å². The Bertz CT molecular complexity index is 1450. The Morgan fingerprint density at radius 1 is 1.14 bits per heavy atom. The van der Waals surface area contributed by atoms with Crippen molar-refractivity contribution in [2.75, 3.05) is 26.2 Å². The molecule has 1 N–H and O–H groups in total. The maximum atomic E-state index is 13.5. The molecule has 36 heavy (non-hydrogen) atoms. The van der Waals surface area contributed by atoms with Gasteiger partial charge in [-0.15, -0.1) is 0 Å². The third-order valence-electron chi connectivity index (χ3n) is 7.86. The lowest BCUT2D eigenvalue weighted by Gasteiger charge is -2.34. The second-order valence-electron chi connectivity index (χ2n) is 10.3. The Kier molecular flexibility index (Phi) is 5.88. The van der Waals surface area contributed by atoms with Gasteiger partial charge in [0.1, 0.15) is 11.5 Å². The van der Waals surface area contributed by atoms with E-state index in [1.165, 1.54) is 17.7 Å². The van der Waals surface area contributed by atoms with Gasteiger partial charge in [0.2, 0.25) is 0 Å². The van der Waals surface area contributed by atoms with Crippen LogP contribution in [0.2, 0.25) is 0 Å². The van der Waals surface area contributed by atoms with Crippen LogP contribution in [0.25, 0.3) is 21.9 Å². The highest BCUT2D eigenvalue weighted by molar-refractivity contribution is 5.98. The van der Waals surface area contributed by atoms with Gasteiger partial charge in [-0.1, -0.05) is 23.9 Å². The van der Waals surface area contributed by atoms with Crippen LogP contribution in [0.4, 0.5) is 4.39 Å². The molecule has 2 aromatic heterocycles. The number of carbonyl (C=O) groups excluding carboxylic acids is 1. The van der Waals surface area contributed by atoms with Crippen LogP contribution in [0.3, 0.4) is 0 Å². The Morgan fingerprint density at radius 2 is 1.97 bits per heavy atom. The number of aromatic amines is 1. The van der Waals surface area contributed by atoms with E-state index < -0.39 is 0 Å². The van der Waals surface area contributed by atoms with E-state index in [0.717, 1.165) is 79.4 Å². The number of aromatic nitrogens is 2. The molecule has 7 heteroatoms. The highest BCUT2D eigenvalue weighted by Gasteiger charge is 2.33. The number of carbonyl (C=O) groups is 1. The number of H-pyrrole nitrogens is 1. The number of aryl methyl sites for hydroxylation is 1. The summed E-state index contributed by atoms with van der Waals surface area (Å²) in [5.41, 5.74) is 5.37. The minimum Gasteiger partial charge on any atom is -0.356 e. The van der Waals surface area contributed by atoms with Crippen LogP contribution in [-0.4, -0.2) is 58.1 Å². The molecular weight excluding hydrogens is 455 g/mol. The smallest absolute Gasteiger partial charge is 0.270 e. The van der Waals surface area contributed by atoms with Gasteiger partial charge in [-0.25, -0.2) is 4.39 Å². The molecule has 0 saturated carbocycles. The van der Waals surface area contributed by atoms with Crippen LogP contribution in [0.15, 0.2) is 59.1 Å². The van der Waals surface area contributed by atoms with E-state index in [0.29, 0.717) is 17.2 Å². The van der Waals surface area contributed by atoms with E-state index >= 15 is 0 Å². The Hall–Kier alpha value is -3.45. The molecule has 6 nitrogen and oxygen atoms in total. The molecule has 1 amide bonds. The Labute approximate surface area is 209 Å². The lowest BCUT2D eigenvalue weighted by Crippen LogP contribution is -2.41. The van der Waals surface area contributed by atoms with Crippen LogP contribution >= 0.6 is 0 Å². The van der Waals surface area contributed by atoms with Crippen molar-refractivity contribution in [3.8, 4) is 0 Å². The molecule has 4 heterocycles. The van der Waals surface area contributed by atoms with Crippen LogP contribution in [0, 0.1) is 12.7 Å². The quantitative estimate of drug-likeness (QED) is 0.362. The van der Waals surface area contributed by atoms with E-state index in [1.807, 2.05) is 11.0 Å². The zero-order valence-electron chi connectivity index (χ0n) is 20.6. The van der Waals surface area contributed by atoms with Gasteiger partial charge in [-0.05, 0) is 81.1 Å². The molecule has 2 aliphatic rings. The number of rotatable bonds is 5. The van der Waals surface area contributed by atoms with Gasteiger partial charge >= 0.3 is 0 Å². The second kappa shape index (κ2) is 9.21. The van der Waals surface area contributed by atoms with E-state index in [-0.39, 0.29) is 17.8 Å². The van der Waals surface area contributed by atoms with Crippen molar-refractivity contribution in [1.82, 2.24) is 19.9 Å². The number of piperidine rings is 1. The van der Waals surface area contributed by atoms with Gasteiger partial charge in [0.25, 0.3) is 5.91 Å². The van der Waals surface area contributed by atoms with Crippen LogP contribution in [0.5, 0.6) is 0 Å². The molecule has 1 atom stereocenters. The van der Waals surface area contributed by atoms with Gasteiger partial charge in [0.15, 0.2) is 5.58 Å². The maximum Gasteiger partial charge on any atom is 0.270 e. The molecule has 2 aliphatic heterocycles. The fourth-order valence-electron chi connectivity index (χ4n) is 5.93. The van der Waals surface area contributed by atoms with Gasteiger partial charge in [-0.3, -0.25) is 9.69 Å². The largest absolute Gasteiger partial charge is 0.356 e. The fraction of sp³-hybridized carbons (Fsp3) is 0.379. The zero-order chi connectivity index (χ0) is 24.8. The average Bonchev–Trinajstić information content (AvgIpc) is 3.61. The monoisotopic (exact) mass is 486 g/mol. The highest BCUT2D eigenvalue weighted by Crippen LogP contribution is 2.34. The average molecular weight is 487 g/mol. The molecule has 0 spiro atoms. The fourth-order valence-corrected chi connectivity index (χ4v) is 5.93. The second-order valence-corrected chi connectivity index (χ2v) is 10.3. The van der Waals surface area contributed by atoms with Crippen LogP contribution in [-0.2, 0) is 0 Å². The van der Waals surface area contributed by atoms with Gasteiger partial charge < -0.3 is 14.4 Å². The summed E-state index contributed by atoms with van der Waals surface area (Å²) in [5, 5.41) is 6.23. The molecule has 0 bridgehead atoms. The maximum absolute atomic E-state index is 13.5. The van der Waals surface area contributed by atoms with Crippen LogP contribution in [0.1, 0.15) is 53.3 Å². The zero-order valence-corrected chi connectivity index (χ0v) is 20.6. The van der Waals surface area contributed by atoms with Gasteiger partial charge in [-0.2, -0.15) is 0 Å². The number of hydrogen-bond acceptors (Lipinski definition) is 4. The predicted octanol–water partition coefficient (Wildman–Crippen LogP) is 5.80. The summed E-state index contributed by atoms with van der Waals surface area (Å²) in [6.07, 6.45) is 3.89. The highest BCUT2D eigenvalue weighted by atomic mass is 19.1. The lowest BCUT2D eigenvalue weighted by atomic mass is 9.91. The van der Waals surface area contributed by atoms with Crippen molar-refractivity contribution >= 4 is 27.8 Å². The first-order valence-electron chi connectivity index (χ1n) is 12.8. The molecular formula is C29H31FN4O2. The SMILES string of the molecule is C=C(CN1CCC(c2noc3cc(F)ccc23)CC1)[C@@H]1CCCN1C(=O)c1cc2ccc(C)cc2[nH]1. The first-order valence-corrected chi connectivity index (χ1v) is 12.8. The number of nitrogens with zero attached hydrogens (tertiary/aromatic N) is 3. The van der Waals surface area contributed by atoms with Gasteiger partial charge in [0.05, 0.1) is 11.7 Å². The summed E-state index contributed by atoms with van der Waals surface area (Å²) >= 11 is 0. The number of likely N-dealkylation sites (tertiary alicyclic amines) is 2. The summed E-state index contributed by atoms with van der Waals surface area (Å²) in [7, 11) is 0. The normalized spacial score (nSPS) is 19.5. The molecule has 186 valence electrons. The third kappa shape index (κ3) is 4.22. The number of halogens is 1. The first kappa shape index (κ1) is 23.0. The van der Waals surface area contributed by atoms with Gasteiger partial charge in [0, 0.05) is 41.4 Å². The molecule has 0 radical (unpaired) electrons. The summed E-state index contributed by atoms with van der Waals surface area (Å²) in [6, 6.07) is 12.9. The number of fused-ring (bicyclic) bond motifs is 2. The molecule has 0 aliphatic carbocycles. The number of hydrogen-bond donors (Lipinski definition) is 1. The molecule has 6 rings (SSSR count). The van der Waals surface area contributed by atoms with Crippen molar-refractivity contribution in [3.63, 3.8) is 0 Å². The summed E-state index contributed by atoms with van der Waals surface area (Å²) < 4.78 is 18.9. The van der Waals surface area contributed by atoms with Crippen molar-refractivity contribution in [2.24, 2.45) is 0 Å². The lowest BCUT2D eigenvalue weighted by molar-refractivity contribution is 0.0745. The van der Waals surface area contributed by atoms with E-state index in [9.17, 15) is 9.18 Å². The summed E-state index contributed by atoms with van der Waals surface area (Å²) in [4.78, 5) is 21.2. The number of nitrogens with one attached hydrogen (secondary N) is 1. The van der Waals surface area contributed by atoms with Crippen LogP contribution < -0.4 is 0 Å². The molecule has 2 aromatic carbocycles. The Morgan fingerprint density at radius 3 is 2.81 bits per heavy atom. The topological polar surface area (TPSA) is 65.4 Å². The van der Waals surface area contributed by atoms with E-state index in [2.05, 4.69) is 46.7 Å². The minimum atomic E-state index is -0.308. The van der Waals surface area contributed by atoms with Crippen molar-refractivity contribution in [2.45, 2.75) is 44.6 Å². The van der Waals surface area contributed by atoms with Crippen molar-refractivity contribution in [3.05, 3.63) is 77.4 Å². The summed E-state index contributed by atoms with van der Waals surface area (Å²) in [6.45, 7) is 9.89. The molecule has 2 fully saturated rings. The number of amides is 1. The number of benzene rings is 2. The first-order chi connectivity index (χ1) is 17.5. The predicted molar refractivity (Wildman–Crippen MR) is 139 cm³/mol. The standard InChI is InChI=1S/C29H31FN4O2/c1-18-5-6-21-15-25(31-24(21)14-18)29(35)34-11-3-4-26(34)19(2)17-33-12-9-20(10-13-33)28-23-8-7-22(30)16-27(23)36-32-28/h5-8,14-16,20,26,31H,2-4,9-13,17H2,1H3/t26-/m0/s1. The van der Waals surface area contributed by atoms with E-state index in [1.54, 1.807) is 6.07 Å². The van der Waals surface area contributed by atoms with Crippen molar-refractivity contribution < 1.29 is 13.7 Å². The Balaban J connectivity index is 1.09. The molecule has 2 saturated heterocycles. The van der Waals surface area contributed by atoms with E-state index in [4.69, 9.17) is 4.52 Å². The third-order valence-corrected chi connectivity index (χ3v) is 7.86. The summed E-state index contributed by atoms with van der Waals surface area (Å²) in [5.74, 6) is 0.0506. The minimum absolute atomic E-state index is 0.0561.